The van der Waals surface area contributed by atoms with Gasteiger partial charge in [-0.1, -0.05) is 13.0 Å². The summed E-state index contributed by atoms with van der Waals surface area (Å²) in [5.41, 5.74) is 1.24. The highest BCUT2D eigenvalue weighted by molar-refractivity contribution is 7.98. The Kier molecular flexibility index (Phi) is 5.02. The van der Waals surface area contributed by atoms with E-state index in [4.69, 9.17) is 0 Å². The fourth-order valence-electron chi connectivity index (χ4n) is 1.55. The zero-order valence-electron chi connectivity index (χ0n) is 10.5. The van der Waals surface area contributed by atoms with Gasteiger partial charge in [-0.05, 0) is 24.6 Å². The van der Waals surface area contributed by atoms with E-state index >= 15 is 0 Å². The molecule has 2 aromatic heterocycles. The largest absolute Gasteiger partial charge is 0.370 e. The van der Waals surface area contributed by atoms with Crippen LogP contribution in [0, 0.1) is 0 Å². The number of hydrogen-bond donors (Lipinski definition) is 1. The Morgan fingerprint density at radius 1 is 1.17 bits per heavy atom. The van der Waals surface area contributed by atoms with Crippen LogP contribution in [0.4, 0.5) is 5.82 Å². The quantitative estimate of drug-likeness (QED) is 0.804. The van der Waals surface area contributed by atoms with Gasteiger partial charge in [-0.3, -0.25) is 4.98 Å². The minimum atomic E-state index is 0.921. The minimum absolute atomic E-state index is 0.921. The van der Waals surface area contributed by atoms with Crippen LogP contribution in [-0.2, 0) is 5.75 Å². The van der Waals surface area contributed by atoms with E-state index in [1.54, 1.807) is 11.8 Å². The molecule has 2 rings (SSSR count). The van der Waals surface area contributed by atoms with E-state index in [2.05, 4.69) is 28.3 Å². The summed E-state index contributed by atoms with van der Waals surface area (Å²) < 4.78 is 0. The second-order valence-electron chi connectivity index (χ2n) is 3.91. The monoisotopic (exact) mass is 259 g/mol. The first kappa shape index (κ1) is 12.9. The fraction of sp³-hybridized carbons (Fsp3) is 0.286. The molecule has 94 valence electrons. The third kappa shape index (κ3) is 3.74. The Hall–Kier alpha value is -1.55. The Labute approximate surface area is 112 Å². The van der Waals surface area contributed by atoms with Crippen LogP contribution in [0.15, 0.2) is 47.8 Å². The number of rotatable bonds is 6. The summed E-state index contributed by atoms with van der Waals surface area (Å²) in [4.78, 5) is 9.64. The maximum absolute atomic E-state index is 4.39. The highest BCUT2D eigenvalue weighted by atomic mass is 32.2. The molecule has 0 fully saturated rings. The molecular formula is C14H17N3S. The predicted octanol–water partition coefficient (Wildman–Crippen LogP) is 3.59. The van der Waals surface area contributed by atoms with E-state index in [1.165, 1.54) is 10.5 Å². The molecule has 0 aliphatic rings. The Morgan fingerprint density at radius 2 is 2.00 bits per heavy atom. The van der Waals surface area contributed by atoms with Gasteiger partial charge in [0.2, 0.25) is 0 Å². The molecule has 0 aliphatic heterocycles. The molecule has 0 radical (unpaired) electrons. The number of thioether (sulfide) groups is 1. The number of aromatic nitrogens is 2. The van der Waals surface area contributed by atoms with Gasteiger partial charge in [0.1, 0.15) is 5.82 Å². The molecule has 2 aromatic rings. The lowest BCUT2D eigenvalue weighted by atomic mass is 10.3. The van der Waals surface area contributed by atoms with Crippen LogP contribution in [0.1, 0.15) is 18.9 Å². The molecule has 0 amide bonds. The lowest BCUT2D eigenvalue weighted by Gasteiger charge is -2.09. The van der Waals surface area contributed by atoms with Gasteiger partial charge in [-0.15, -0.1) is 11.8 Å². The van der Waals surface area contributed by atoms with Gasteiger partial charge < -0.3 is 5.32 Å². The van der Waals surface area contributed by atoms with Crippen molar-refractivity contribution in [2.45, 2.75) is 24.0 Å². The standard InChI is InChI=1S/C14H17N3S/c1-2-7-16-14-12(4-3-8-17-14)11-18-13-5-9-15-10-6-13/h3-6,8-10H,2,7,11H2,1H3,(H,16,17). The summed E-state index contributed by atoms with van der Waals surface area (Å²) in [6.45, 7) is 3.12. The van der Waals surface area contributed by atoms with Crippen molar-refractivity contribution < 1.29 is 0 Å². The summed E-state index contributed by atoms with van der Waals surface area (Å²) in [5, 5.41) is 3.36. The number of nitrogens with one attached hydrogen (secondary N) is 1. The van der Waals surface area contributed by atoms with Crippen molar-refractivity contribution in [3.63, 3.8) is 0 Å². The van der Waals surface area contributed by atoms with Gasteiger partial charge in [-0.2, -0.15) is 0 Å². The molecule has 0 aliphatic carbocycles. The van der Waals surface area contributed by atoms with E-state index in [0.29, 0.717) is 0 Å². The third-order valence-electron chi connectivity index (χ3n) is 2.48. The van der Waals surface area contributed by atoms with E-state index < -0.39 is 0 Å². The second kappa shape index (κ2) is 7.01. The second-order valence-corrected chi connectivity index (χ2v) is 4.96. The highest BCUT2D eigenvalue weighted by Crippen LogP contribution is 2.24. The van der Waals surface area contributed by atoms with Crippen molar-refractivity contribution in [1.29, 1.82) is 0 Å². The normalized spacial score (nSPS) is 10.3. The number of nitrogens with zero attached hydrogens (tertiary/aromatic N) is 2. The molecule has 4 heteroatoms. The molecule has 1 N–H and O–H groups in total. The lowest BCUT2D eigenvalue weighted by molar-refractivity contribution is 0.965. The maximum atomic E-state index is 4.39. The summed E-state index contributed by atoms with van der Waals surface area (Å²) in [7, 11) is 0. The molecule has 2 heterocycles. The lowest BCUT2D eigenvalue weighted by Crippen LogP contribution is -2.04. The van der Waals surface area contributed by atoms with Crippen LogP contribution < -0.4 is 5.32 Å². The van der Waals surface area contributed by atoms with Crippen molar-refractivity contribution in [3.8, 4) is 0 Å². The van der Waals surface area contributed by atoms with Crippen molar-refractivity contribution in [1.82, 2.24) is 9.97 Å². The van der Waals surface area contributed by atoms with Crippen LogP contribution in [0.5, 0.6) is 0 Å². The molecule has 0 atom stereocenters. The van der Waals surface area contributed by atoms with E-state index in [9.17, 15) is 0 Å². The average Bonchev–Trinajstić information content (AvgIpc) is 2.45. The molecule has 3 nitrogen and oxygen atoms in total. The Morgan fingerprint density at radius 3 is 2.78 bits per heavy atom. The molecule has 0 saturated heterocycles. The molecule has 0 unspecified atom stereocenters. The summed E-state index contributed by atoms with van der Waals surface area (Å²) in [6, 6.07) is 8.17. The number of hydrogen-bond acceptors (Lipinski definition) is 4. The van der Waals surface area contributed by atoms with Crippen LogP contribution in [0.3, 0.4) is 0 Å². The zero-order chi connectivity index (χ0) is 12.6. The van der Waals surface area contributed by atoms with Crippen LogP contribution >= 0.6 is 11.8 Å². The molecule has 0 spiro atoms. The SMILES string of the molecule is CCCNc1ncccc1CSc1ccncc1. The first-order chi connectivity index (χ1) is 8.90. The summed E-state index contributed by atoms with van der Waals surface area (Å²) in [6.07, 6.45) is 6.58. The van der Waals surface area contributed by atoms with Crippen molar-refractivity contribution in [2.24, 2.45) is 0 Å². The molecule has 0 bridgehead atoms. The minimum Gasteiger partial charge on any atom is -0.370 e. The topological polar surface area (TPSA) is 37.8 Å². The van der Waals surface area contributed by atoms with Gasteiger partial charge in [0, 0.05) is 41.3 Å². The molecular weight excluding hydrogens is 242 g/mol. The van der Waals surface area contributed by atoms with Gasteiger partial charge in [0.25, 0.3) is 0 Å². The van der Waals surface area contributed by atoms with Crippen molar-refractivity contribution in [2.75, 3.05) is 11.9 Å². The maximum Gasteiger partial charge on any atom is 0.129 e. The van der Waals surface area contributed by atoms with E-state index in [-0.39, 0.29) is 0 Å². The first-order valence-electron chi connectivity index (χ1n) is 6.10. The zero-order valence-corrected chi connectivity index (χ0v) is 11.3. The Balaban J connectivity index is 2.00. The van der Waals surface area contributed by atoms with Crippen LogP contribution in [-0.4, -0.2) is 16.5 Å². The van der Waals surface area contributed by atoms with Crippen LogP contribution in [0.25, 0.3) is 0 Å². The predicted molar refractivity (Wildman–Crippen MR) is 76.8 cm³/mol. The van der Waals surface area contributed by atoms with Gasteiger partial charge in [0.05, 0.1) is 0 Å². The molecule has 0 saturated carbocycles. The average molecular weight is 259 g/mol. The fourth-order valence-corrected chi connectivity index (χ4v) is 2.42. The first-order valence-corrected chi connectivity index (χ1v) is 7.09. The van der Waals surface area contributed by atoms with E-state index in [0.717, 1.165) is 24.5 Å². The Bertz CT molecular complexity index is 473. The summed E-state index contributed by atoms with van der Waals surface area (Å²) in [5.74, 6) is 1.92. The van der Waals surface area contributed by atoms with Crippen molar-refractivity contribution in [3.05, 3.63) is 48.4 Å². The van der Waals surface area contributed by atoms with Gasteiger partial charge >= 0.3 is 0 Å². The number of pyridine rings is 2. The van der Waals surface area contributed by atoms with Crippen molar-refractivity contribution >= 4 is 17.6 Å². The summed E-state index contributed by atoms with van der Waals surface area (Å²) >= 11 is 1.80. The molecule has 18 heavy (non-hydrogen) atoms. The van der Waals surface area contributed by atoms with Gasteiger partial charge in [0.15, 0.2) is 0 Å². The van der Waals surface area contributed by atoms with Crippen LogP contribution in [0.2, 0.25) is 0 Å². The number of anilines is 1. The molecule has 0 aromatic carbocycles. The van der Waals surface area contributed by atoms with E-state index in [1.807, 2.05) is 36.8 Å². The van der Waals surface area contributed by atoms with Gasteiger partial charge in [-0.25, -0.2) is 4.98 Å². The highest BCUT2D eigenvalue weighted by Gasteiger charge is 2.03. The smallest absolute Gasteiger partial charge is 0.129 e. The third-order valence-corrected chi connectivity index (χ3v) is 3.54.